The first-order valence-corrected chi connectivity index (χ1v) is 11.8. The second kappa shape index (κ2) is 10.4. The topological polar surface area (TPSA) is 85.2 Å². The summed E-state index contributed by atoms with van der Waals surface area (Å²) in [4.78, 5) is 30.8. The van der Waals surface area contributed by atoms with Crippen molar-refractivity contribution in [2.24, 2.45) is 10.9 Å². The summed E-state index contributed by atoms with van der Waals surface area (Å²) in [5.74, 6) is -1.24. The van der Waals surface area contributed by atoms with Crippen molar-refractivity contribution in [3.8, 4) is 11.5 Å². The number of ether oxygens (including phenoxy) is 2. The van der Waals surface area contributed by atoms with Gasteiger partial charge >= 0.3 is 5.97 Å². The number of aromatic hydroxyl groups is 1. The summed E-state index contributed by atoms with van der Waals surface area (Å²) < 4.78 is 11.7. The fourth-order valence-electron chi connectivity index (χ4n) is 4.33. The molecule has 1 unspecified atom stereocenters. The molecule has 1 N–H and O–H groups in total. The number of ketones is 1. The highest BCUT2D eigenvalue weighted by molar-refractivity contribution is 9.10. The number of esters is 1. The molecule has 0 saturated heterocycles. The van der Waals surface area contributed by atoms with Crippen LogP contribution in [-0.4, -0.2) is 35.8 Å². The Morgan fingerprint density at radius 2 is 2.03 bits per heavy atom. The number of phenolic OH excluding ortho intramolecular Hbond substituents is 1. The van der Waals surface area contributed by atoms with Crippen molar-refractivity contribution in [1.29, 1.82) is 0 Å². The zero-order valence-corrected chi connectivity index (χ0v) is 20.0. The number of carbonyl (C=O) groups excluding carboxylic acids is 2. The van der Waals surface area contributed by atoms with Crippen LogP contribution in [0.3, 0.4) is 0 Å². The molecule has 7 heteroatoms. The number of halogens is 1. The lowest BCUT2D eigenvalue weighted by Crippen LogP contribution is -2.37. The van der Waals surface area contributed by atoms with E-state index in [2.05, 4.69) is 27.8 Å². The maximum absolute atomic E-state index is 13.2. The molecule has 0 aromatic heterocycles. The number of hydrogen-bond donors (Lipinski definition) is 1. The van der Waals surface area contributed by atoms with E-state index in [1.165, 1.54) is 0 Å². The second-order valence-corrected chi connectivity index (χ2v) is 8.86. The van der Waals surface area contributed by atoms with Gasteiger partial charge in [0.1, 0.15) is 5.92 Å². The van der Waals surface area contributed by atoms with Gasteiger partial charge in [0.25, 0.3) is 0 Å². The first-order valence-electron chi connectivity index (χ1n) is 11.0. The van der Waals surface area contributed by atoms with Crippen molar-refractivity contribution >= 4 is 33.4 Å². The van der Waals surface area contributed by atoms with E-state index in [0.29, 0.717) is 47.6 Å². The first kappa shape index (κ1) is 23.5. The van der Waals surface area contributed by atoms with E-state index in [1.807, 2.05) is 13.8 Å². The second-order valence-electron chi connectivity index (χ2n) is 8.00. The number of nitrogens with zero attached hydrogens (tertiary/aromatic N) is 1. The molecule has 2 atom stereocenters. The maximum Gasteiger partial charge on any atom is 0.315 e. The van der Waals surface area contributed by atoms with Gasteiger partial charge in [0.2, 0.25) is 0 Å². The van der Waals surface area contributed by atoms with Crippen LogP contribution in [0.25, 0.3) is 0 Å². The average Bonchev–Trinajstić information content (AvgIpc) is 2.73. The normalized spacial score (nSPS) is 20.9. The number of rotatable bonds is 8. The smallest absolute Gasteiger partial charge is 0.315 e. The molecule has 1 heterocycles. The third-order valence-corrected chi connectivity index (χ3v) is 6.39. The Kier molecular flexibility index (Phi) is 7.92. The van der Waals surface area contributed by atoms with Crippen molar-refractivity contribution < 1.29 is 24.2 Å². The van der Waals surface area contributed by atoms with Crippen molar-refractivity contribution in [2.75, 3.05) is 13.2 Å². The largest absolute Gasteiger partial charge is 0.503 e. The van der Waals surface area contributed by atoms with Crippen molar-refractivity contribution in [3.63, 3.8) is 0 Å². The molecule has 0 spiro atoms. The highest BCUT2D eigenvalue weighted by Gasteiger charge is 2.43. The average molecular weight is 492 g/mol. The summed E-state index contributed by atoms with van der Waals surface area (Å²) in [6.07, 6.45) is 4.75. The number of benzene rings is 1. The zero-order valence-electron chi connectivity index (χ0n) is 18.4. The minimum atomic E-state index is -0.687. The first-order chi connectivity index (χ1) is 14.9. The van der Waals surface area contributed by atoms with Crippen LogP contribution in [0.2, 0.25) is 0 Å². The molecule has 1 aromatic rings. The molecule has 168 valence electrons. The molecule has 1 aliphatic heterocycles. The quantitative estimate of drug-likeness (QED) is 0.384. The monoisotopic (exact) mass is 491 g/mol. The highest BCUT2D eigenvalue weighted by atomic mass is 79.9. The molecular formula is C24H30BrNO5. The zero-order chi connectivity index (χ0) is 22.5. The Morgan fingerprint density at radius 3 is 2.74 bits per heavy atom. The lowest BCUT2D eigenvalue weighted by Gasteiger charge is -2.34. The van der Waals surface area contributed by atoms with E-state index in [4.69, 9.17) is 9.47 Å². The van der Waals surface area contributed by atoms with E-state index >= 15 is 0 Å². The van der Waals surface area contributed by atoms with Crippen LogP contribution in [0.1, 0.15) is 70.8 Å². The van der Waals surface area contributed by atoms with Gasteiger partial charge in [-0.1, -0.05) is 19.8 Å². The standard InChI is InChI=1S/C24H30BrNO5/c1-4-6-7-11-31-24(29)20-14(3)26-17-9-8-10-18(27)22(17)21(20)15-12-16(25)23(28)19(13-15)30-5-2/h12-13,20-21,28H,4-11H2,1-3H3/t20?,21-/m0/s1. The fraction of sp³-hybridized carbons (Fsp3) is 0.542. The van der Waals surface area contributed by atoms with E-state index in [0.717, 1.165) is 36.9 Å². The SMILES string of the molecule is CCCCCOC(=O)C1C(C)=NC2=C(C(=O)CCC2)[C@H]1c1cc(Br)c(O)c(OCC)c1. The van der Waals surface area contributed by atoms with Gasteiger partial charge in [-0.2, -0.15) is 0 Å². The summed E-state index contributed by atoms with van der Waals surface area (Å²) >= 11 is 3.39. The molecule has 0 bridgehead atoms. The van der Waals surface area contributed by atoms with Crippen molar-refractivity contribution in [1.82, 2.24) is 0 Å². The third kappa shape index (κ3) is 5.03. The van der Waals surface area contributed by atoms with Crippen LogP contribution in [0.4, 0.5) is 0 Å². The Morgan fingerprint density at radius 1 is 1.26 bits per heavy atom. The molecule has 1 aromatic carbocycles. The summed E-state index contributed by atoms with van der Waals surface area (Å²) in [5, 5.41) is 10.4. The molecular weight excluding hydrogens is 462 g/mol. The van der Waals surface area contributed by atoms with Gasteiger partial charge in [0.15, 0.2) is 17.3 Å². The van der Waals surface area contributed by atoms with E-state index in [1.54, 1.807) is 12.1 Å². The summed E-state index contributed by atoms with van der Waals surface area (Å²) in [6, 6.07) is 3.47. The summed E-state index contributed by atoms with van der Waals surface area (Å²) in [6.45, 7) is 6.49. The predicted molar refractivity (Wildman–Crippen MR) is 123 cm³/mol. The lowest BCUT2D eigenvalue weighted by atomic mass is 9.71. The van der Waals surface area contributed by atoms with Crippen LogP contribution in [0.5, 0.6) is 11.5 Å². The fourth-order valence-corrected chi connectivity index (χ4v) is 4.78. The number of Topliss-reactive ketones (excluding diaryl/α,β-unsaturated/α-hetero) is 1. The predicted octanol–water partition coefficient (Wildman–Crippen LogP) is 5.47. The van der Waals surface area contributed by atoms with Gasteiger partial charge in [0, 0.05) is 29.3 Å². The van der Waals surface area contributed by atoms with Gasteiger partial charge in [-0.25, -0.2) is 0 Å². The van der Waals surface area contributed by atoms with Crippen LogP contribution in [-0.2, 0) is 14.3 Å². The van der Waals surface area contributed by atoms with Gasteiger partial charge in [0.05, 0.1) is 17.7 Å². The lowest BCUT2D eigenvalue weighted by molar-refractivity contribution is -0.146. The van der Waals surface area contributed by atoms with Gasteiger partial charge in [-0.3, -0.25) is 14.6 Å². The maximum atomic E-state index is 13.2. The van der Waals surface area contributed by atoms with Gasteiger partial charge in [-0.05, 0) is 66.7 Å². The minimum Gasteiger partial charge on any atom is -0.503 e. The molecule has 1 aliphatic carbocycles. The number of carbonyl (C=O) groups is 2. The molecule has 6 nitrogen and oxygen atoms in total. The Labute approximate surface area is 191 Å². The van der Waals surface area contributed by atoms with Crippen LogP contribution in [0.15, 0.2) is 32.9 Å². The van der Waals surface area contributed by atoms with Gasteiger partial charge < -0.3 is 14.6 Å². The molecule has 0 radical (unpaired) electrons. The minimum absolute atomic E-state index is 0.00494. The number of phenols is 1. The highest BCUT2D eigenvalue weighted by Crippen LogP contribution is 2.47. The molecule has 2 aliphatic rings. The van der Waals surface area contributed by atoms with Gasteiger partial charge in [-0.15, -0.1) is 0 Å². The number of allylic oxidation sites excluding steroid dienone is 2. The summed E-state index contributed by atoms with van der Waals surface area (Å²) in [5.41, 5.74) is 2.73. The molecule has 0 saturated carbocycles. The van der Waals surface area contributed by atoms with Crippen LogP contribution >= 0.6 is 15.9 Å². The van der Waals surface area contributed by atoms with Crippen molar-refractivity contribution in [2.45, 2.75) is 65.2 Å². The van der Waals surface area contributed by atoms with Crippen molar-refractivity contribution in [3.05, 3.63) is 33.4 Å². The van der Waals surface area contributed by atoms with E-state index < -0.39 is 11.8 Å². The van der Waals surface area contributed by atoms with E-state index in [-0.39, 0.29) is 17.5 Å². The number of aliphatic imine (C=N–C) groups is 1. The molecule has 31 heavy (non-hydrogen) atoms. The summed E-state index contributed by atoms with van der Waals surface area (Å²) in [7, 11) is 0. The van der Waals surface area contributed by atoms with Crippen LogP contribution < -0.4 is 4.74 Å². The molecule has 0 fully saturated rings. The number of hydrogen-bond acceptors (Lipinski definition) is 6. The third-order valence-electron chi connectivity index (χ3n) is 5.79. The molecule has 0 amide bonds. The van der Waals surface area contributed by atoms with Crippen LogP contribution in [0, 0.1) is 5.92 Å². The molecule has 3 rings (SSSR count). The van der Waals surface area contributed by atoms with E-state index in [9.17, 15) is 14.7 Å². The Hall–Kier alpha value is -2.15. The Bertz CT molecular complexity index is 921. The Balaban J connectivity index is 2.06. The number of unbranched alkanes of at least 4 members (excludes halogenated alkanes) is 2.